The van der Waals surface area contributed by atoms with Crippen molar-refractivity contribution in [3.05, 3.63) is 45.3 Å². The quantitative estimate of drug-likeness (QED) is 0.694. The van der Waals surface area contributed by atoms with Crippen molar-refractivity contribution in [1.82, 2.24) is 0 Å². The van der Waals surface area contributed by atoms with Crippen LogP contribution < -0.4 is 10.0 Å². The highest BCUT2D eigenvalue weighted by atomic mass is 32.2. The van der Waals surface area contributed by atoms with Gasteiger partial charge in [-0.15, -0.1) is 11.3 Å². The maximum absolute atomic E-state index is 12.6. The maximum Gasteiger partial charge on any atom is 0.339 e. The van der Waals surface area contributed by atoms with Crippen molar-refractivity contribution < 1.29 is 23.1 Å². The molecule has 1 heterocycles. The van der Waals surface area contributed by atoms with Gasteiger partial charge < -0.3 is 10.4 Å². The Hall–Kier alpha value is -2.39. The van der Waals surface area contributed by atoms with Crippen LogP contribution in [0.2, 0.25) is 0 Å². The molecule has 1 aromatic carbocycles. The van der Waals surface area contributed by atoms with Gasteiger partial charge in [-0.1, -0.05) is 13.0 Å². The van der Waals surface area contributed by atoms with E-state index in [0.717, 1.165) is 11.1 Å². The Morgan fingerprint density at radius 3 is 2.42 bits per heavy atom. The lowest BCUT2D eigenvalue weighted by Gasteiger charge is -2.10. The van der Waals surface area contributed by atoms with Gasteiger partial charge in [-0.05, 0) is 43.5 Å². The summed E-state index contributed by atoms with van der Waals surface area (Å²) in [6.45, 7) is 5.38. The van der Waals surface area contributed by atoms with Crippen LogP contribution in [0.3, 0.4) is 0 Å². The number of benzene rings is 1. The summed E-state index contributed by atoms with van der Waals surface area (Å²) in [5.41, 5.74) is 1.99. The summed E-state index contributed by atoms with van der Waals surface area (Å²) in [6.07, 6.45) is 1.58. The van der Waals surface area contributed by atoms with Crippen molar-refractivity contribution in [3.63, 3.8) is 0 Å². The molecule has 0 spiro atoms. The van der Waals surface area contributed by atoms with Crippen molar-refractivity contribution >= 4 is 43.9 Å². The average Bonchev–Trinajstić information content (AvgIpc) is 2.83. The van der Waals surface area contributed by atoms with Gasteiger partial charge >= 0.3 is 5.97 Å². The second-order valence-corrected chi connectivity index (χ2v) is 8.83. The van der Waals surface area contributed by atoms with E-state index in [1.54, 1.807) is 19.1 Å². The van der Waals surface area contributed by atoms with Gasteiger partial charge in [0.1, 0.15) is 5.00 Å². The standard InChI is InChI=1S/C17H20N2O5S2/c1-5-12-10(3)25-16(14(12)17(21)22)18-15(20)11-7-6-9(2)13(8-11)19-26(4,23)24/h6-8,19H,5H2,1-4H3,(H,18,20)(H,21,22). The van der Waals surface area contributed by atoms with Crippen LogP contribution in [0, 0.1) is 13.8 Å². The number of anilines is 2. The van der Waals surface area contributed by atoms with Gasteiger partial charge in [0, 0.05) is 10.4 Å². The molecule has 0 saturated carbocycles. The molecule has 2 aromatic rings. The number of aryl methyl sites for hydroxylation is 2. The van der Waals surface area contributed by atoms with E-state index in [2.05, 4.69) is 10.0 Å². The lowest BCUT2D eigenvalue weighted by Crippen LogP contribution is -2.15. The summed E-state index contributed by atoms with van der Waals surface area (Å²) in [4.78, 5) is 25.0. The number of carboxylic acid groups (broad SMARTS) is 1. The van der Waals surface area contributed by atoms with Crippen LogP contribution in [-0.4, -0.2) is 31.7 Å². The molecule has 7 nitrogen and oxygen atoms in total. The van der Waals surface area contributed by atoms with E-state index in [4.69, 9.17) is 0 Å². The third-order valence-electron chi connectivity index (χ3n) is 3.80. The van der Waals surface area contributed by atoms with Gasteiger partial charge in [-0.2, -0.15) is 0 Å². The Balaban J connectivity index is 2.37. The summed E-state index contributed by atoms with van der Waals surface area (Å²) in [5.74, 6) is -1.60. The molecule has 0 saturated heterocycles. The minimum Gasteiger partial charge on any atom is -0.478 e. The highest BCUT2D eigenvalue weighted by Gasteiger charge is 2.22. The van der Waals surface area contributed by atoms with Crippen LogP contribution in [0.25, 0.3) is 0 Å². The molecule has 0 aliphatic carbocycles. The average molecular weight is 396 g/mol. The molecule has 3 N–H and O–H groups in total. The van der Waals surface area contributed by atoms with Crippen molar-refractivity contribution in [2.45, 2.75) is 27.2 Å². The lowest BCUT2D eigenvalue weighted by molar-refractivity contribution is 0.0697. The van der Waals surface area contributed by atoms with Crippen LogP contribution in [0.1, 0.15) is 43.6 Å². The minimum atomic E-state index is -3.48. The summed E-state index contributed by atoms with van der Waals surface area (Å²) < 4.78 is 25.2. The highest BCUT2D eigenvalue weighted by molar-refractivity contribution is 7.92. The molecule has 2 rings (SSSR count). The highest BCUT2D eigenvalue weighted by Crippen LogP contribution is 2.34. The fourth-order valence-corrected chi connectivity index (χ4v) is 4.32. The number of amides is 1. The fourth-order valence-electron chi connectivity index (χ4n) is 2.57. The number of hydrogen-bond acceptors (Lipinski definition) is 5. The molecule has 0 radical (unpaired) electrons. The van der Waals surface area contributed by atoms with Crippen LogP contribution in [0.5, 0.6) is 0 Å². The molecular weight excluding hydrogens is 376 g/mol. The number of carbonyl (C=O) groups excluding carboxylic acids is 1. The molecule has 9 heteroatoms. The zero-order chi connectivity index (χ0) is 19.6. The first kappa shape index (κ1) is 19.9. The van der Waals surface area contributed by atoms with Crippen molar-refractivity contribution in [2.75, 3.05) is 16.3 Å². The summed E-state index contributed by atoms with van der Waals surface area (Å²) in [5, 5.41) is 12.4. The summed E-state index contributed by atoms with van der Waals surface area (Å²) in [7, 11) is -3.48. The van der Waals surface area contributed by atoms with Gasteiger partial charge in [0.25, 0.3) is 5.91 Å². The van der Waals surface area contributed by atoms with Gasteiger partial charge in [-0.25, -0.2) is 13.2 Å². The van der Waals surface area contributed by atoms with Crippen LogP contribution in [0.15, 0.2) is 18.2 Å². The zero-order valence-corrected chi connectivity index (χ0v) is 16.5. The number of nitrogens with one attached hydrogen (secondary N) is 2. The number of carbonyl (C=O) groups is 2. The zero-order valence-electron chi connectivity index (χ0n) is 14.8. The second-order valence-electron chi connectivity index (χ2n) is 5.86. The van der Waals surface area contributed by atoms with E-state index in [0.29, 0.717) is 23.2 Å². The van der Waals surface area contributed by atoms with Gasteiger partial charge in [0.05, 0.1) is 17.5 Å². The van der Waals surface area contributed by atoms with Gasteiger partial charge in [-0.3, -0.25) is 9.52 Å². The SMILES string of the molecule is CCc1c(C)sc(NC(=O)c2ccc(C)c(NS(C)(=O)=O)c2)c1C(=O)O. The van der Waals surface area contributed by atoms with Crippen LogP contribution >= 0.6 is 11.3 Å². The van der Waals surface area contributed by atoms with E-state index < -0.39 is 21.9 Å². The van der Waals surface area contributed by atoms with Crippen molar-refractivity contribution in [3.8, 4) is 0 Å². The van der Waals surface area contributed by atoms with E-state index in [-0.39, 0.29) is 16.1 Å². The normalized spacial score (nSPS) is 11.2. The molecule has 0 bridgehead atoms. The molecule has 0 fully saturated rings. The summed E-state index contributed by atoms with van der Waals surface area (Å²) in [6, 6.07) is 4.60. The number of rotatable bonds is 6. The van der Waals surface area contributed by atoms with Gasteiger partial charge in [0.15, 0.2) is 0 Å². The molecule has 26 heavy (non-hydrogen) atoms. The first-order valence-electron chi connectivity index (χ1n) is 7.78. The maximum atomic E-state index is 12.6. The monoisotopic (exact) mass is 396 g/mol. The first-order chi connectivity index (χ1) is 12.0. The largest absolute Gasteiger partial charge is 0.478 e. The molecular formula is C17H20N2O5S2. The van der Waals surface area contributed by atoms with Crippen molar-refractivity contribution in [1.29, 1.82) is 0 Å². The van der Waals surface area contributed by atoms with E-state index in [9.17, 15) is 23.1 Å². The van der Waals surface area contributed by atoms with Gasteiger partial charge in [0.2, 0.25) is 10.0 Å². The molecule has 0 aliphatic rings. The van der Waals surface area contributed by atoms with E-state index in [1.807, 2.05) is 13.8 Å². The molecule has 0 atom stereocenters. The predicted octanol–water partition coefficient (Wildman–Crippen LogP) is 3.25. The Morgan fingerprint density at radius 1 is 1.23 bits per heavy atom. The van der Waals surface area contributed by atoms with E-state index >= 15 is 0 Å². The number of sulfonamides is 1. The Morgan fingerprint density at radius 2 is 1.88 bits per heavy atom. The topological polar surface area (TPSA) is 113 Å². The smallest absolute Gasteiger partial charge is 0.339 e. The fraction of sp³-hybridized carbons (Fsp3) is 0.294. The predicted molar refractivity (Wildman–Crippen MR) is 103 cm³/mol. The third-order valence-corrected chi connectivity index (χ3v) is 5.45. The molecule has 0 aliphatic heterocycles. The molecule has 140 valence electrons. The Labute approximate surface area is 156 Å². The minimum absolute atomic E-state index is 0.102. The molecule has 1 amide bonds. The number of aromatic carboxylic acids is 1. The van der Waals surface area contributed by atoms with E-state index in [1.165, 1.54) is 17.4 Å². The Bertz CT molecular complexity index is 977. The lowest BCUT2D eigenvalue weighted by atomic mass is 10.1. The number of thiophene rings is 1. The first-order valence-corrected chi connectivity index (χ1v) is 10.5. The third kappa shape index (κ3) is 4.41. The number of hydrogen-bond donors (Lipinski definition) is 3. The number of carboxylic acids is 1. The molecule has 0 unspecified atom stereocenters. The van der Waals surface area contributed by atoms with Crippen LogP contribution in [-0.2, 0) is 16.4 Å². The van der Waals surface area contributed by atoms with Crippen LogP contribution in [0.4, 0.5) is 10.7 Å². The Kier molecular flexibility index (Phi) is 5.72. The molecule has 1 aromatic heterocycles. The second kappa shape index (κ2) is 7.46. The summed E-state index contributed by atoms with van der Waals surface area (Å²) >= 11 is 1.21. The van der Waals surface area contributed by atoms with Crippen molar-refractivity contribution in [2.24, 2.45) is 0 Å².